The van der Waals surface area contributed by atoms with Crippen LogP contribution in [-0.2, 0) is 19.1 Å². The number of hydrogen-bond donors (Lipinski definition) is 3. The molecular formula is C15H16N4O6. The number of nitrogens with one attached hydrogen (secondary N) is 3. The Bertz CT molecular complexity index is 697. The first-order chi connectivity index (χ1) is 12.0. The van der Waals surface area contributed by atoms with Crippen molar-refractivity contribution in [3.05, 3.63) is 35.4 Å². The highest BCUT2D eigenvalue weighted by molar-refractivity contribution is 6.35. The number of hydrogen-bond acceptors (Lipinski definition) is 6. The molecule has 5 amide bonds. The van der Waals surface area contributed by atoms with Crippen molar-refractivity contribution in [3.63, 3.8) is 0 Å². The number of rotatable bonds is 5. The maximum atomic E-state index is 12.1. The molecule has 132 valence electrons. The standard InChI is InChI=1S/C15H16N4O6/c1-25-7-6-16-12(21)13(22)18-17-11(20)8-19-14(23)9-4-2-3-5-10(9)15(19)24/h2-5H,6-8H2,1H3,(H,16,21)(H,17,20)(H,18,22). The van der Waals surface area contributed by atoms with Gasteiger partial charge < -0.3 is 10.1 Å². The summed E-state index contributed by atoms with van der Waals surface area (Å²) >= 11 is 0. The molecule has 0 saturated carbocycles. The van der Waals surface area contributed by atoms with Crippen LogP contribution in [0.15, 0.2) is 24.3 Å². The average Bonchev–Trinajstić information content (AvgIpc) is 2.85. The van der Waals surface area contributed by atoms with Crippen LogP contribution in [0.2, 0.25) is 0 Å². The molecule has 0 saturated heterocycles. The molecule has 1 aromatic carbocycles. The van der Waals surface area contributed by atoms with E-state index in [4.69, 9.17) is 4.74 Å². The summed E-state index contributed by atoms with van der Waals surface area (Å²) in [5.41, 5.74) is 4.29. The number of imide groups is 1. The number of nitrogens with zero attached hydrogens (tertiary/aromatic N) is 1. The highest BCUT2D eigenvalue weighted by atomic mass is 16.5. The Morgan fingerprint density at radius 3 is 2.16 bits per heavy atom. The largest absolute Gasteiger partial charge is 0.383 e. The van der Waals surface area contributed by atoms with Crippen molar-refractivity contribution in [2.24, 2.45) is 0 Å². The van der Waals surface area contributed by atoms with Gasteiger partial charge in [0.2, 0.25) is 0 Å². The van der Waals surface area contributed by atoms with Crippen LogP contribution in [-0.4, -0.2) is 61.2 Å². The third-order valence-electron chi connectivity index (χ3n) is 3.29. The fourth-order valence-electron chi connectivity index (χ4n) is 2.10. The van der Waals surface area contributed by atoms with Crippen LogP contribution in [0.1, 0.15) is 20.7 Å². The van der Waals surface area contributed by atoms with Crippen molar-refractivity contribution >= 4 is 29.5 Å². The number of carbonyl (C=O) groups excluding carboxylic acids is 5. The normalized spacial score (nSPS) is 12.6. The zero-order valence-electron chi connectivity index (χ0n) is 13.3. The smallest absolute Gasteiger partial charge is 0.327 e. The van der Waals surface area contributed by atoms with Crippen molar-refractivity contribution in [3.8, 4) is 0 Å². The molecule has 1 heterocycles. The number of benzene rings is 1. The van der Waals surface area contributed by atoms with E-state index in [1.54, 1.807) is 12.1 Å². The number of fused-ring (bicyclic) bond motifs is 1. The van der Waals surface area contributed by atoms with E-state index in [0.29, 0.717) is 0 Å². The van der Waals surface area contributed by atoms with Gasteiger partial charge in [0.05, 0.1) is 17.7 Å². The first kappa shape index (κ1) is 18.1. The van der Waals surface area contributed by atoms with Crippen LogP contribution in [0.5, 0.6) is 0 Å². The van der Waals surface area contributed by atoms with Gasteiger partial charge in [-0.15, -0.1) is 0 Å². The minimum Gasteiger partial charge on any atom is -0.383 e. The van der Waals surface area contributed by atoms with E-state index in [-0.39, 0.29) is 24.3 Å². The Kier molecular flexibility index (Phi) is 5.79. The lowest BCUT2D eigenvalue weighted by Crippen LogP contribution is -2.51. The summed E-state index contributed by atoms with van der Waals surface area (Å²) in [6.45, 7) is -0.227. The predicted octanol–water partition coefficient (Wildman–Crippen LogP) is -1.81. The molecule has 10 nitrogen and oxygen atoms in total. The summed E-state index contributed by atoms with van der Waals surface area (Å²) in [5.74, 6) is -4.07. The van der Waals surface area contributed by atoms with Crippen LogP contribution in [0.25, 0.3) is 0 Å². The second-order valence-corrected chi connectivity index (χ2v) is 4.99. The van der Waals surface area contributed by atoms with Crippen molar-refractivity contribution in [2.75, 3.05) is 26.8 Å². The highest BCUT2D eigenvalue weighted by Gasteiger charge is 2.36. The van der Waals surface area contributed by atoms with Gasteiger partial charge in [-0.1, -0.05) is 12.1 Å². The molecule has 1 aliphatic heterocycles. The van der Waals surface area contributed by atoms with Gasteiger partial charge in [-0.2, -0.15) is 0 Å². The van der Waals surface area contributed by atoms with Gasteiger partial charge >= 0.3 is 11.8 Å². The van der Waals surface area contributed by atoms with Crippen LogP contribution in [0.3, 0.4) is 0 Å². The topological polar surface area (TPSA) is 134 Å². The Balaban J connectivity index is 1.83. The molecule has 10 heteroatoms. The van der Waals surface area contributed by atoms with Gasteiger partial charge in [0.15, 0.2) is 0 Å². The predicted molar refractivity (Wildman–Crippen MR) is 83.0 cm³/mol. The maximum absolute atomic E-state index is 12.1. The van der Waals surface area contributed by atoms with E-state index >= 15 is 0 Å². The third-order valence-corrected chi connectivity index (χ3v) is 3.29. The molecule has 3 N–H and O–H groups in total. The van der Waals surface area contributed by atoms with Crippen LogP contribution in [0, 0.1) is 0 Å². The summed E-state index contributed by atoms with van der Waals surface area (Å²) < 4.78 is 4.71. The fourth-order valence-corrected chi connectivity index (χ4v) is 2.10. The fraction of sp³-hybridized carbons (Fsp3) is 0.267. The van der Waals surface area contributed by atoms with E-state index in [1.807, 2.05) is 10.9 Å². The summed E-state index contributed by atoms with van der Waals surface area (Å²) in [5, 5.41) is 2.26. The number of hydrazine groups is 1. The zero-order valence-corrected chi connectivity index (χ0v) is 13.3. The van der Waals surface area contributed by atoms with Gasteiger partial charge in [0.1, 0.15) is 6.54 Å². The molecule has 0 aromatic heterocycles. The van der Waals surface area contributed by atoms with E-state index < -0.39 is 36.1 Å². The number of amides is 5. The molecule has 0 fully saturated rings. The molecule has 0 unspecified atom stereocenters. The molecule has 1 aliphatic rings. The average molecular weight is 348 g/mol. The van der Waals surface area contributed by atoms with Gasteiger partial charge in [-0.05, 0) is 12.1 Å². The molecule has 0 atom stereocenters. The lowest BCUT2D eigenvalue weighted by molar-refractivity contribution is -0.141. The minimum atomic E-state index is -1.09. The Morgan fingerprint density at radius 2 is 1.60 bits per heavy atom. The minimum absolute atomic E-state index is 0.131. The summed E-state index contributed by atoms with van der Waals surface area (Å²) in [6, 6.07) is 6.19. The monoisotopic (exact) mass is 348 g/mol. The molecular weight excluding hydrogens is 332 g/mol. The van der Waals surface area contributed by atoms with Crippen molar-refractivity contribution in [1.82, 2.24) is 21.1 Å². The van der Waals surface area contributed by atoms with E-state index in [2.05, 4.69) is 5.32 Å². The SMILES string of the molecule is COCCNC(=O)C(=O)NNC(=O)CN1C(=O)c2ccccc2C1=O. The summed E-state index contributed by atoms with van der Waals surface area (Å²) in [6.07, 6.45) is 0. The number of carbonyl (C=O) groups is 5. The van der Waals surface area contributed by atoms with Gasteiger partial charge in [0.25, 0.3) is 17.7 Å². The van der Waals surface area contributed by atoms with E-state index in [0.717, 1.165) is 4.90 Å². The van der Waals surface area contributed by atoms with Gasteiger partial charge in [0, 0.05) is 13.7 Å². The van der Waals surface area contributed by atoms with Crippen molar-refractivity contribution in [1.29, 1.82) is 0 Å². The Labute approximate surface area is 142 Å². The number of ether oxygens (including phenoxy) is 1. The second-order valence-electron chi connectivity index (χ2n) is 4.99. The lowest BCUT2D eigenvalue weighted by atomic mass is 10.1. The van der Waals surface area contributed by atoms with Crippen LogP contribution < -0.4 is 16.2 Å². The Hall–Kier alpha value is -3.27. The number of methoxy groups -OCH3 is 1. The molecule has 0 bridgehead atoms. The molecule has 25 heavy (non-hydrogen) atoms. The van der Waals surface area contributed by atoms with Gasteiger partial charge in [-0.3, -0.25) is 39.7 Å². The summed E-state index contributed by atoms with van der Waals surface area (Å²) in [7, 11) is 1.44. The molecule has 0 aliphatic carbocycles. The zero-order chi connectivity index (χ0) is 18.4. The second kappa shape index (κ2) is 8.02. The van der Waals surface area contributed by atoms with Crippen LogP contribution in [0.4, 0.5) is 0 Å². The maximum Gasteiger partial charge on any atom is 0.327 e. The van der Waals surface area contributed by atoms with Crippen molar-refractivity contribution in [2.45, 2.75) is 0 Å². The van der Waals surface area contributed by atoms with Gasteiger partial charge in [-0.25, -0.2) is 0 Å². The molecule has 0 radical (unpaired) electrons. The first-order valence-electron chi connectivity index (χ1n) is 7.27. The third kappa shape index (κ3) is 4.18. The first-order valence-corrected chi connectivity index (χ1v) is 7.27. The Morgan fingerprint density at radius 1 is 1.00 bits per heavy atom. The molecule has 2 rings (SSSR count). The molecule has 1 aromatic rings. The highest BCUT2D eigenvalue weighted by Crippen LogP contribution is 2.21. The summed E-state index contributed by atoms with van der Waals surface area (Å²) in [4.78, 5) is 59.6. The lowest BCUT2D eigenvalue weighted by Gasteiger charge is -2.13. The van der Waals surface area contributed by atoms with Crippen molar-refractivity contribution < 1.29 is 28.7 Å². The van der Waals surface area contributed by atoms with E-state index in [1.165, 1.54) is 19.2 Å². The van der Waals surface area contributed by atoms with Crippen LogP contribution >= 0.6 is 0 Å². The quantitative estimate of drug-likeness (QED) is 0.249. The molecule has 0 spiro atoms. The van der Waals surface area contributed by atoms with E-state index in [9.17, 15) is 24.0 Å².